The number of nitrogens with zero attached hydrogens (tertiary/aromatic N) is 4. The molecule has 1 aliphatic heterocycles. The summed E-state index contributed by atoms with van der Waals surface area (Å²) in [7, 11) is 0. The Hall–Kier alpha value is -4.98. The fourth-order valence-electron chi connectivity index (χ4n) is 6.62. The van der Waals surface area contributed by atoms with E-state index >= 15 is 0 Å². The number of benzene rings is 2. The molecule has 2 aromatic carbocycles. The van der Waals surface area contributed by atoms with E-state index in [0.717, 1.165) is 5.56 Å². The normalized spacial score (nSPS) is 19.5. The number of halogens is 2. The number of aromatic nitrogens is 3. The summed E-state index contributed by atoms with van der Waals surface area (Å²) in [4.78, 5) is 65.4. The minimum atomic E-state index is -1.30. The molecule has 0 radical (unpaired) electrons. The molecule has 52 heavy (non-hydrogen) atoms. The molecule has 6 N–H and O–H groups in total. The van der Waals surface area contributed by atoms with Crippen LogP contribution in [0.4, 0.5) is 17.3 Å². The van der Waals surface area contributed by atoms with Crippen LogP contribution in [0, 0.1) is 0 Å². The number of nitrogens with one attached hydrogen (secondary N) is 3. The predicted molar refractivity (Wildman–Crippen MR) is 195 cm³/mol. The summed E-state index contributed by atoms with van der Waals surface area (Å²) in [5.41, 5.74) is 4.75. The number of carbonyl (C=O) groups excluding carboxylic acids is 4. The molecular weight excluding hydrogens is 707 g/mol. The van der Waals surface area contributed by atoms with Crippen molar-refractivity contribution in [2.24, 2.45) is 0 Å². The van der Waals surface area contributed by atoms with Crippen LogP contribution in [0.5, 0.6) is 0 Å². The number of imidazole rings is 1. The third-order valence-electron chi connectivity index (χ3n) is 9.97. The van der Waals surface area contributed by atoms with Crippen molar-refractivity contribution in [2.45, 2.75) is 75.0 Å². The van der Waals surface area contributed by atoms with E-state index in [1.54, 1.807) is 67.8 Å². The smallest absolute Gasteiger partial charge is 0.270 e. The van der Waals surface area contributed by atoms with Crippen molar-refractivity contribution in [3.8, 4) is 0 Å². The van der Waals surface area contributed by atoms with Crippen LogP contribution < -0.4 is 26.6 Å². The molecule has 2 aliphatic carbocycles. The zero-order valence-electron chi connectivity index (χ0n) is 28.8. The molecule has 1 atom stereocenters. The Morgan fingerprint density at radius 3 is 2.17 bits per heavy atom. The van der Waals surface area contributed by atoms with Gasteiger partial charge in [-0.2, -0.15) is 0 Å². The summed E-state index contributed by atoms with van der Waals surface area (Å²) in [6, 6.07) is 15.3. The highest BCUT2D eigenvalue weighted by Crippen LogP contribution is 2.47. The van der Waals surface area contributed by atoms with E-state index in [-0.39, 0.29) is 42.4 Å². The van der Waals surface area contributed by atoms with Gasteiger partial charge in [0.05, 0.1) is 40.8 Å². The van der Waals surface area contributed by atoms with Gasteiger partial charge in [-0.15, -0.1) is 0 Å². The van der Waals surface area contributed by atoms with Gasteiger partial charge in [-0.1, -0.05) is 35.3 Å². The highest BCUT2D eigenvalue weighted by Gasteiger charge is 2.57. The average Bonchev–Trinajstić information content (AvgIpc) is 4.00. The molecule has 15 heteroatoms. The molecule has 0 unspecified atom stereocenters. The van der Waals surface area contributed by atoms with Gasteiger partial charge in [0.2, 0.25) is 11.9 Å². The minimum absolute atomic E-state index is 0.108. The number of nitrogen functional groups attached to an aromatic ring is 1. The van der Waals surface area contributed by atoms with Crippen LogP contribution in [0.15, 0.2) is 67.0 Å². The molecule has 4 aromatic rings. The molecule has 3 aliphatic rings. The van der Waals surface area contributed by atoms with Gasteiger partial charge in [0.1, 0.15) is 16.8 Å². The summed E-state index contributed by atoms with van der Waals surface area (Å²) in [6.07, 6.45) is 5.18. The summed E-state index contributed by atoms with van der Waals surface area (Å²) < 4.78 is 1.61. The number of nitrogens with two attached hydrogens (primary N) is 1. The van der Waals surface area contributed by atoms with Gasteiger partial charge in [-0.3, -0.25) is 28.7 Å². The van der Waals surface area contributed by atoms with E-state index in [4.69, 9.17) is 28.9 Å². The number of aliphatic hydroxyl groups excluding tert-OH is 1. The lowest BCUT2D eigenvalue weighted by Crippen LogP contribution is -2.52. The SMILES string of the molecule is CC(C)(CO)NC(=O)c1ccc(C2(NC(=O)C3(NC(=O)c4cnc5n4[C@](C)(Cc4ccc(N)cc4)C(=O)N5c4cc(Cl)cc(Cl)c4)CC3)CC2)nc1. The van der Waals surface area contributed by atoms with Gasteiger partial charge in [-0.25, -0.2) is 9.88 Å². The number of hydrogen-bond acceptors (Lipinski definition) is 8. The highest BCUT2D eigenvalue weighted by atomic mass is 35.5. The average molecular weight is 746 g/mol. The maximum Gasteiger partial charge on any atom is 0.270 e. The first kappa shape index (κ1) is 35.4. The number of fused-ring (bicyclic) bond motifs is 1. The minimum Gasteiger partial charge on any atom is -0.399 e. The number of pyridine rings is 1. The second kappa shape index (κ2) is 12.6. The largest absolute Gasteiger partial charge is 0.399 e. The molecule has 2 fully saturated rings. The molecule has 13 nitrogen and oxygen atoms in total. The van der Waals surface area contributed by atoms with E-state index in [2.05, 4.69) is 25.9 Å². The number of anilines is 3. The third-order valence-corrected chi connectivity index (χ3v) is 10.4. The van der Waals surface area contributed by atoms with Gasteiger partial charge < -0.3 is 26.8 Å². The lowest BCUT2D eigenvalue weighted by atomic mass is 9.91. The van der Waals surface area contributed by atoms with E-state index in [1.807, 2.05) is 12.1 Å². The van der Waals surface area contributed by atoms with Crippen molar-refractivity contribution in [1.82, 2.24) is 30.5 Å². The van der Waals surface area contributed by atoms with Crippen molar-refractivity contribution in [3.05, 3.63) is 99.6 Å². The van der Waals surface area contributed by atoms with Crippen LogP contribution in [0.25, 0.3) is 0 Å². The van der Waals surface area contributed by atoms with Crippen molar-refractivity contribution >= 4 is 64.2 Å². The van der Waals surface area contributed by atoms with Crippen molar-refractivity contribution in [2.75, 3.05) is 17.2 Å². The topological polar surface area (TPSA) is 185 Å². The van der Waals surface area contributed by atoms with Crippen LogP contribution in [0.3, 0.4) is 0 Å². The predicted octanol–water partition coefficient (Wildman–Crippen LogP) is 4.37. The molecule has 0 bridgehead atoms. The Morgan fingerprint density at radius 1 is 0.923 bits per heavy atom. The molecule has 4 amide bonds. The molecule has 270 valence electrons. The quantitative estimate of drug-likeness (QED) is 0.140. The number of aliphatic hydroxyl groups is 1. The van der Waals surface area contributed by atoms with Gasteiger partial charge >= 0.3 is 0 Å². The van der Waals surface area contributed by atoms with Gasteiger partial charge in [-0.05, 0) is 94.5 Å². The molecule has 0 spiro atoms. The van der Waals surface area contributed by atoms with Crippen LogP contribution in [-0.4, -0.2) is 61.0 Å². The monoisotopic (exact) mass is 744 g/mol. The maximum atomic E-state index is 14.4. The lowest BCUT2D eigenvalue weighted by Gasteiger charge is -2.27. The Labute approximate surface area is 309 Å². The summed E-state index contributed by atoms with van der Waals surface area (Å²) >= 11 is 12.7. The number of rotatable bonds is 11. The lowest BCUT2D eigenvalue weighted by molar-refractivity contribution is -0.125. The highest BCUT2D eigenvalue weighted by molar-refractivity contribution is 6.35. The molecule has 2 aromatic heterocycles. The zero-order valence-corrected chi connectivity index (χ0v) is 30.3. The number of carbonyl (C=O) groups is 4. The Kier molecular flexibility index (Phi) is 8.59. The second-order valence-corrected chi connectivity index (χ2v) is 15.6. The zero-order chi connectivity index (χ0) is 37.2. The van der Waals surface area contributed by atoms with Gasteiger partial charge in [0, 0.05) is 28.4 Å². The second-order valence-electron chi connectivity index (χ2n) is 14.7. The van der Waals surface area contributed by atoms with Crippen LogP contribution >= 0.6 is 23.2 Å². The molecule has 0 saturated heterocycles. The fraction of sp³-hybridized carbons (Fsp3) is 0.351. The number of hydrogen-bond donors (Lipinski definition) is 5. The maximum absolute atomic E-state index is 14.4. The van der Waals surface area contributed by atoms with E-state index in [9.17, 15) is 24.3 Å². The van der Waals surface area contributed by atoms with Crippen molar-refractivity contribution in [1.29, 1.82) is 0 Å². The standard InChI is InChI=1S/C37H38Cl2N8O5/c1-34(2,20-48)43-29(49)22-6-9-28(41-18-22)36(10-11-36)45-31(51)37(12-13-37)44-30(50)27-19-42-33-46(26-15-23(38)14-24(39)16-26)32(52)35(3,47(27)33)17-21-4-7-25(40)8-5-21/h4-9,14-16,18-19,48H,10-13,17,20,40H2,1-3H3,(H,43,49)(H,44,50)(H,45,51)/t35-/m1/s1. The fourth-order valence-corrected chi connectivity index (χ4v) is 7.13. The third kappa shape index (κ3) is 6.37. The summed E-state index contributed by atoms with van der Waals surface area (Å²) in [6.45, 7) is 4.94. The molecule has 2 saturated carbocycles. The van der Waals surface area contributed by atoms with E-state index < -0.39 is 28.1 Å². The Balaban J connectivity index is 1.13. The first-order chi connectivity index (χ1) is 24.6. The Bertz CT molecular complexity index is 2090. The summed E-state index contributed by atoms with van der Waals surface area (Å²) in [5, 5.41) is 19.0. The van der Waals surface area contributed by atoms with Crippen molar-refractivity contribution < 1.29 is 24.3 Å². The number of amides is 4. The van der Waals surface area contributed by atoms with Crippen LogP contribution in [0.1, 0.15) is 78.6 Å². The summed E-state index contributed by atoms with van der Waals surface area (Å²) in [5.74, 6) is -1.41. The molecule has 3 heterocycles. The van der Waals surface area contributed by atoms with Gasteiger partial charge in [0.25, 0.3) is 17.7 Å². The molecule has 7 rings (SSSR count). The van der Waals surface area contributed by atoms with E-state index in [1.165, 1.54) is 17.3 Å². The van der Waals surface area contributed by atoms with Crippen LogP contribution in [0.2, 0.25) is 10.0 Å². The Morgan fingerprint density at radius 2 is 1.60 bits per heavy atom. The van der Waals surface area contributed by atoms with Crippen LogP contribution in [-0.2, 0) is 27.1 Å². The first-order valence-electron chi connectivity index (χ1n) is 16.9. The van der Waals surface area contributed by atoms with Gasteiger partial charge in [0.15, 0.2) is 0 Å². The molecular formula is C37H38Cl2N8O5. The van der Waals surface area contributed by atoms with E-state index in [0.29, 0.717) is 58.4 Å². The van der Waals surface area contributed by atoms with Crippen molar-refractivity contribution in [3.63, 3.8) is 0 Å². The first-order valence-corrected chi connectivity index (χ1v) is 17.6.